The zero-order valence-corrected chi connectivity index (χ0v) is 14.5. The standard InChI is InChI=1S/C16H12Cl2N4S/c1-10-5-2-3-6-11(10)15-20-21-16(23)22(15)19-9-12-13(17)7-4-8-14(12)18/h2-9H,1H3,(H,21,23). The Hall–Kier alpha value is -1.95. The van der Waals surface area contributed by atoms with Gasteiger partial charge < -0.3 is 0 Å². The summed E-state index contributed by atoms with van der Waals surface area (Å²) in [6.45, 7) is 2.01. The topological polar surface area (TPSA) is 46.0 Å². The monoisotopic (exact) mass is 362 g/mol. The van der Waals surface area contributed by atoms with E-state index in [1.54, 1.807) is 29.1 Å². The third kappa shape index (κ3) is 3.22. The Balaban J connectivity index is 2.09. The van der Waals surface area contributed by atoms with Gasteiger partial charge in [-0.3, -0.25) is 0 Å². The van der Waals surface area contributed by atoms with E-state index in [0.29, 0.717) is 26.2 Å². The van der Waals surface area contributed by atoms with Crippen LogP contribution in [-0.4, -0.2) is 21.1 Å². The van der Waals surface area contributed by atoms with E-state index in [1.807, 2.05) is 31.2 Å². The van der Waals surface area contributed by atoms with E-state index in [4.69, 9.17) is 35.4 Å². The second-order valence-corrected chi connectivity index (χ2v) is 6.06. The second-order valence-electron chi connectivity index (χ2n) is 4.86. The van der Waals surface area contributed by atoms with E-state index in [0.717, 1.165) is 11.1 Å². The Morgan fingerprint density at radius 1 is 1.13 bits per heavy atom. The fraction of sp³-hybridized carbons (Fsp3) is 0.0625. The lowest BCUT2D eigenvalue weighted by Gasteiger charge is -2.05. The lowest BCUT2D eigenvalue weighted by atomic mass is 10.1. The molecule has 0 amide bonds. The van der Waals surface area contributed by atoms with Gasteiger partial charge in [0.05, 0.1) is 16.3 Å². The van der Waals surface area contributed by atoms with Gasteiger partial charge in [-0.15, -0.1) is 0 Å². The van der Waals surface area contributed by atoms with Crippen LogP contribution in [0.1, 0.15) is 11.1 Å². The van der Waals surface area contributed by atoms with Gasteiger partial charge in [0.25, 0.3) is 0 Å². The number of halogens is 2. The highest BCUT2D eigenvalue weighted by Crippen LogP contribution is 2.24. The highest BCUT2D eigenvalue weighted by molar-refractivity contribution is 7.71. The molecule has 0 aliphatic heterocycles. The summed E-state index contributed by atoms with van der Waals surface area (Å²) < 4.78 is 1.94. The molecule has 1 N–H and O–H groups in total. The number of hydrogen-bond acceptors (Lipinski definition) is 3. The number of nitrogens with one attached hydrogen (secondary N) is 1. The number of aromatic nitrogens is 3. The van der Waals surface area contributed by atoms with E-state index in [1.165, 1.54) is 0 Å². The molecule has 4 nitrogen and oxygen atoms in total. The molecule has 0 aliphatic rings. The van der Waals surface area contributed by atoms with Crippen molar-refractivity contribution in [3.63, 3.8) is 0 Å². The summed E-state index contributed by atoms with van der Waals surface area (Å²) in [5.41, 5.74) is 2.66. The maximum atomic E-state index is 6.16. The fourth-order valence-corrected chi connectivity index (χ4v) is 2.82. The Morgan fingerprint density at radius 3 is 2.52 bits per heavy atom. The van der Waals surface area contributed by atoms with Gasteiger partial charge in [-0.1, -0.05) is 53.5 Å². The maximum absolute atomic E-state index is 6.16. The van der Waals surface area contributed by atoms with Gasteiger partial charge in [0.2, 0.25) is 4.77 Å². The largest absolute Gasteiger partial charge is 0.250 e. The van der Waals surface area contributed by atoms with Crippen molar-refractivity contribution in [2.75, 3.05) is 0 Å². The van der Waals surface area contributed by atoms with Gasteiger partial charge in [-0.05, 0) is 36.8 Å². The van der Waals surface area contributed by atoms with Gasteiger partial charge >= 0.3 is 0 Å². The first-order chi connectivity index (χ1) is 11.1. The van der Waals surface area contributed by atoms with Crippen LogP contribution < -0.4 is 0 Å². The molecule has 0 atom stereocenters. The maximum Gasteiger partial charge on any atom is 0.216 e. The molecule has 0 bridgehead atoms. The molecule has 3 rings (SSSR count). The molecule has 0 saturated heterocycles. The molecule has 0 radical (unpaired) electrons. The first kappa shape index (κ1) is 15.9. The summed E-state index contributed by atoms with van der Waals surface area (Å²) in [7, 11) is 0. The smallest absolute Gasteiger partial charge is 0.216 e. The summed E-state index contributed by atoms with van der Waals surface area (Å²) in [6, 6.07) is 13.2. The summed E-state index contributed by atoms with van der Waals surface area (Å²) in [5, 5.41) is 12.5. The fourth-order valence-electron chi connectivity index (χ4n) is 2.15. The van der Waals surface area contributed by atoms with E-state index < -0.39 is 0 Å². The zero-order chi connectivity index (χ0) is 16.4. The summed E-state index contributed by atoms with van der Waals surface area (Å²) in [4.78, 5) is 0. The van der Waals surface area contributed by atoms with Gasteiger partial charge in [-0.2, -0.15) is 14.9 Å². The van der Waals surface area contributed by atoms with E-state index in [2.05, 4.69) is 15.3 Å². The van der Waals surface area contributed by atoms with Crippen molar-refractivity contribution >= 4 is 41.6 Å². The minimum atomic E-state index is 0.391. The third-order valence-corrected chi connectivity index (χ3v) is 4.26. The Kier molecular flexibility index (Phi) is 4.61. The molecule has 2 aromatic carbocycles. The molecule has 0 fully saturated rings. The first-order valence-corrected chi connectivity index (χ1v) is 7.96. The van der Waals surface area contributed by atoms with Gasteiger partial charge in [0.15, 0.2) is 5.82 Å². The van der Waals surface area contributed by atoms with Crippen LogP contribution in [0.3, 0.4) is 0 Å². The molecular weight excluding hydrogens is 351 g/mol. The Labute approximate surface area is 148 Å². The number of benzene rings is 2. The van der Waals surface area contributed by atoms with Crippen molar-refractivity contribution in [1.82, 2.24) is 14.9 Å². The summed E-state index contributed by atoms with van der Waals surface area (Å²) in [6.07, 6.45) is 1.58. The normalized spacial score (nSPS) is 11.3. The molecule has 1 heterocycles. The van der Waals surface area contributed by atoms with Crippen LogP contribution in [0, 0.1) is 11.7 Å². The van der Waals surface area contributed by atoms with Gasteiger partial charge in [0, 0.05) is 11.1 Å². The summed E-state index contributed by atoms with van der Waals surface area (Å²) >= 11 is 17.6. The van der Waals surface area contributed by atoms with E-state index in [-0.39, 0.29) is 0 Å². The lowest BCUT2D eigenvalue weighted by Crippen LogP contribution is -1.97. The van der Waals surface area contributed by atoms with Crippen molar-refractivity contribution in [2.45, 2.75) is 6.92 Å². The molecule has 7 heteroatoms. The van der Waals surface area contributed by atoms with E-state index >= 15 is 0 Å². The second kappa shape index (κ2) is 6.66. The number of aromatic amines is 1. The highest BCUT2D eigenvalue weighted by Gasteiger charge is 2.10. The molecule has 1 aromatic heterocycles. The van der Waals surface area contributed by atoms with Crippen molar-refractivity contribution in [3.8, 4) is 11.4 Å². The van der Waals surface area contributed by atoms with Crippen LogP contribution in [0.5, 0.6) is 0 Å². The molecule has 23 heavy (non-hydrogen) atoms. The predicted molar refractivity (Wildman–Crippen MR) is 97.0 cm³/mol. The number of rotatable bonds is 3. The first-order valence-electron chi connectivity index (χ1n) is 6.79. The van der Waals surface area contributed by atoms with Crippen molar-refractivity contribution in [2.24, 2.45) is 5.10 Å². The molecule has 116 valence electrons. The quantitative estimate of drug-likeness (QED) is 0.520. The highest BCUT2D eigenvalue weighted by atomic mass is 35.5. The number of hydrogen-bond donors (Lipinski definition) is 1. The molecule has 0 aliphatic carbocycles. The summed E-state index contributed by atoms with van der Waals surface area (Å²) in [5.74, 6) is 0.632. The molecule has 0 unspecified atom stereocenters. The minimum Gasteiger partial charge on any atom is -0.250 e. The van der Waals surface area contributed by atoms with Crippen LogP contribution in [0.25, 0.3) is 11.4 Å². The Bertz CT molecular complexity index is 923. The zero-order valence-electron chi connectivity index (χ0n) is 12.1. The Morgan fingerprint density at radius 2 is 1.83 bits per heavy atom. The third-order valence-electron chi connectivity index (χ3n) is 3.34. The molecule has 0 saturated carbocycles. The SMILES string of the molecule is Cc1ccccc1-c1n[nH]c(=S)n1N=Cc1c(Cl)cccc1Cl. The van der Waals surface area contributed by atoms with E-state index in [9.17, 15) is 0 Å². The lowest BCUT2D eigenvalue weighted by molar-refractivity contribution is 0.871. The average molecular weight is 363 g/mol. The van der Waals surface area contributed by atoms with Gasteiger partial charge in [-0.25, -0.2) is 5.10 Å². The minimum absolute atomic E-state index is 0.391. The van der Waals surface area contributed by atoms with Crippen LogP contribution >= 0.6 is 35.4 Å². The van der Waals surface area contributed by atoms with Crippen LogP contribution in [-0.2, 0) is 0 Å². The van der Waals surface area contributed by atoms with Crippen LogP contribution in [0.4, 0.5) is 0 Å². The number of nitrogens with zero attached hydrogens (tertiary/aromatic N) is 3. The van der Waals surface area contributed by atoms with Crippen molar-refractivity contribution in [1.29, 1.82) is 0 Å². The molecular formula is C16H12Cl2N4S. The van der Waals surface area contributed by atoms with Crippen molar-refractivity contribution < 1.29 is 0 Å². The molecule has 0 spiro atoms. The molecule has 3 aromatic rings. The number of H-pyrrole nitrogens is 1. The average Bonchev–Trinajstić information content (AvgIpc) is 2.88. The number of aryl methyl sites for hydroxylation is 1. The van der Waals surface area contributed by atoms with Gasteiger partial charge in [0.1, 0.15) is 0 Å². The van der Waals surface area contributed by atoms with Crippen molar-refractivity contribution in [3.05, 3.63) is 68.4 Å². The van der Waals surface area contributed by atoms with Crippen LogP contribution in [0.2, 0.25) is 10.0 Å². The predicted octanol–water partition coefficient (Wildman–Crippen LogP) is 5.11. The van der Waals surface area contributed by atoms with Crippen LogP contribution in [0.15, 0.2) is 47.6 Å².